The molecular formula is C16H23Br2NO5. The van der Waals surface area contributed by atoms with Gasteiger partial charge in [0.25, 0.3) is 11.8 Å². The van der Waals surface area contributed by atoms with Gasteiger partial charge in [0.1, 0.15) is 8.96 Å². The molecule has 0 fully saturated rings. The lowest BCUT2D eigenvalue weighted by Crippen LogP contribution is -2.49. The van der Waals surface area contributed by atoms with E-state index < -0.39 is 11.1 Å². The third kappa shape index (κ3) is 5.39. The summed E-state index contributed by atoms with van der Waals surface area (Å²) in [6, 6.07) is 0. The quantitative estimate of drug-likeness (QED) is 0.403. The maximum Gasteiger partial charge on any atom is 0.302 e. The van der Waals surface area contributed by atoms with Crippen molar-refractivity contribution in [2.24, 2.45) is 0 Å². The fourth-order valence-corrected chi connectivity index (χ4v) is 2.92. The third-order valence-corrected chi connectivity index (χ3v) is 5.80. The molecule has 1 rings (SSSR count). The van der Waals surface area contributed by atoms with Crippen LogP contribution in [0.15, 0.2) is 8.96 Å². The number of amides is 2. The summed E-state index contributed by atoms with van der Waals surface area (Å²) in [5.74, 6) is -1.03. The van der Waals surface area contributed by atoms with E-state index in [0.29, 0.717) is 26.1 Å². The van der Waals surface area contributed by atoms with Gasteiger partial charge in [-0.15, -0.1) is 0 Å². The Hall–Kier alpha value is -0.730. The minimum absolute atomic E-state index is 0.239. The number of hydrogen-bond acceptors (Lipinski definition) is 5. The Kier molecular flexibility index (Phi) is 7.19. The van der Waals surface area contributed by atoms with Crippen molar-refractivity contribution in [2.75, 3.05) is 13.2 Å². The largest absolute Gasteiger partial charge is 0.466 e. The van der Waals surface area contributed by atoms with Gasteiger partial charge in [-0.1, -0.05) is 0 Å². The van der Waals surface area contributed by atoms with E-state index in [-0.39, 0.29) is 26.7 Å². The van der Waals surface area contributed by atoms with Crippen molar-refractivity contribution >= 4 is 49.6 Å². The second-order valence-corrected chi connectivity index (χ2v) is 8.42. The molecule has 0 unspecified atom stereocenters. The Morgan fingerprint density at radius 2 is 1.50 bits per heavy atom. The summed E-state index contributed by atoms with van der Waals surface area (Å²) in [5.41, 5.74) is -1.15. The van der Waals surface area contributed by atoms with Gasteiger partial charge in [0.2, 0.25) is 0 Å². The highest BCUT2D eigenvalue weighted by Gasteiger charge is 2.44. The van der Waals surface area contributed by atoms with Crippen molar-refractivity contribution in [3.8, 4) is 0 Å². The number of rotatable bonds is 8. The van der Waals surface area contributed by atoms with E-state index in [1.807, 2.05) is 27.7 Å². The van der Waals surface area contributed by atoms with Crippen LogP contribution in [-0.2, 0) is 23.9 Å². The normalized spacial score (nSPS) is 16.2. The predicted octanol–water partition coefficient (Wildman–Crippen LogP) is 3.27. The Morgan fingerprint density at radius 3 is 1.96 bits per heavy atom. The fraction of sp³-hybridized carbons (Fsp3) is 0.688. The average molecular weight is 469 g/mol. The lowest BCUT2D eigenvalue weighted by atomic mass is 9.98. The minimum Gasteiger partial charge on any atom is -0.466 e. The number of ether oxygens (including phenoxy) is 2. The molecular weight excluding hydrogens is 446 g/mol. The topological polar surface area (TPSA) is 72.9 Å². The van der Waals surface area contributed by atoms with E-state index in [9.17, 15) is 14.4 Å². The van der Waals surface area contributed by atoms with Gasteiger partial charge in [0.15, 0.2) is 0 Å². The van der Waals surface area contributed by atoms with Crippen molar-refractivity contribution in [1.29, 1.82) is 0 Å². The predicted molar refractivity (Wildman–Crippen MR) is 96.7 cm³/mol. The molecule has 1 aliphatic rings. The highest BCUT2D eigenvalue weighted by atomic mass is 79.9. The molecule has 1 aliphatic heterocycles. The van der Waals surface area contributed by atoms with Crippen molar-refractivity contribution in [1.82, 2.24) is 4.90 Å². The van der Waals surface area contributed by atoms with Crippen LogP contribution in [0.3, 0.4) is 0 Å². The summed E-state index contributed by atoms with van der Waals surface area (Å²) < 4.78 is 11.3. The van der Waals surface area contributed by atoms with Crippen molar-refractivity contribution < 1.29 is 23.9 Å². The lowest BCUT2D eigenvalue weighted by molar-refractivity contribution is -0.144. The molecule has 0 N–H and O–H groups in total. The number of esters is 1. The Bertz CT molecular complexity index is 545. The van der Waals surface area contributed by atoms with E-state index >= 15 is 0 Å². The molecule has 0 atom stereocenters. The number of halogens is 2. The van der Waals surface area contributed by atoms with Crippen LogP contribution in [0.4, 0.5) is 0 Å². The molecule has 8 heteroatoms. The highest BCUT2D eigenvalue weighted by Crippen LogP contribution is 2.35. The first kappa shape index (κ1) is 21.3. The molecule has 136 valence electrons. The van der Waals surface area contributed by atoms with Crippen LogP contribution in [0.1, 0.15) is 47.5 Å². The molecule has 6 nitrogen and oxygen atoms in total. The second-order valence-electron chi connectivity index (χ2n) is 6.83. The fourth-order valence-electron chi connectivity index (χ4n) is 2.23. The van der Waals surface area contributed by atoms with Gasteiger partial charge in [-0.3, -0.25) is 19.3 Å². The zero-order valence-corrected chi connectivity index (χ0v) is 17.7. The Labute approximate surface area is 159 Å². The summed E-state index contributed by atoms with van der Waals surface area (Å²) >= 11 is 6.26. The molecule has 1 heterocycles. The van der Waals surface area contributed by atoms with Gasteiger partial charge in [-0.25, -0.2) is 0 Å². The first-order chi connectivity index (χ1) is 10.9. The van der Waals surface area contributed by atoms with Crippen LogP contribution < -0.4 is 0 Å². The molecule has 24 heavy (non-hydrogen) atoms. The zero-order chi connectivity index (χ0) is 18.7. The van der Waals surface area contributed by atoms with Crippen LogP contribution in [0.25, 0.3) is 0 Å². The molecule has 0 aromatic carbocycles. The van der Waals surface area contributed by atoms with Crippen LogP contribution >= 0.6 is 31.9 Å². The maximum atomic E-state index is 12.2. The van der Waals surface area contributed by atoms with E-state index in [2.05, 4.69) is 31.9 Å². The summed E-state index contributed by atoms with van der Waals surface area (Å²) in [6.07, 6.45) is 1.05. The lowest BCUT2D eigenvalue weighted by Gasteiger charge is -2.35. The molecule has 0 aliphatic carbocycles. The van der Waals surface area contributed by atoms with E-state index in [0.717, 1.165) is 0 Å². The molecule has 0 radical (unpaired) electrons. The summed E-state index contributed by atoms with van der Waals surface area (Å²) in [4.78, 5) is 36.5. The standard InChI is InChI=1S/C16H23Br2NO5/c1-10(20)23-8-7-16(4,5)24-9-6-15(2,3)19-13(21)11(17)12(18)14(19)22/h6-9H2,1-5H3. The Balaban J connectivity index is 2.56. The highest BCUT2D eigenvalue weighted by molar-refractivity contribution is 9.14. The van der Waals surface area contributed by atoms with Crippen molar-refractivity contribution in [2.45, 2.75) is 58.6 Å². The minimum atomic E-state index is -0.686. The summed E-state index contributed by atoms with van der Waals surface area (Å²) in [7, 11) is 0. The maximum absolute atomic E-state index is 12.2. The van der Waals surface area contributed by atoms with Crippen LogP contribution in [0.2, 0.25) is 0 Å². The monoisotopic (exact) mass is 467 g/mol. The van der Waals surface area contributed by atoms with Gasteiger partial charge >= 0.3 is 5.97 Å². The van der Waals surface area contributed by atoms with Crippen LogP contribution in [-0.4, -0.2) is 47.0 Å². The number of hydrogen-bond donors (Lipinski definition) is 0. The first-order valence-electron chi connectivity index (χ1n) is 7.60. The SMILES string of the molecule is CC(=O)OCCC(C)(C)OCCC(C)(C)N1C(=O)C(Br)=C(Br)C1=O. The molecule has 0 aromatic heterocycles. The van der Waals surface area contributed by atoms with Crippen LogP contribution in [0.5, 0.6) is 0 Å². The van der Waals surface area contributed by atoms with Crippen molar-refractivity contribution in [3.05, 3.63) is 8.96 Å². The van der Waals surface area contributed by atoms with Gasteiger partial charge in [0.05, 0.1) is 12.2 Å². The zero-order valence-electron chi connectivity index (χ0n) is 14.6. The number of carbonyl (C=O) groups excluding carboxylic acids is 3. The summed E-state index contributed by atoms with van der Waals surface area (Å²) in [6.45, 7) is 9.48. The molecule has 0 aromatic rings. The van der Waals surface area contributed by atoms with Gasteiger partial charge in [-0.05, 0) is 66.0 Å². The number of imide groups is 1. The van der Waals surface area contributed by atoms with Gasteiger partial charge in [0, 0.05) is 25.5 Å². The van der Waals surface area contributed by atoms with E-state index in [1.54, 1.807) is 0 Å². The Morgan fingerprint density at radius 1 is 1.00 bits per heavy atom. The summed E-state index contributed by atoms with van der Waals surface area (Å²) in [5, 5.41) is 0. The molecule has 0 saturated heterocycles. The van der Waals surface area contributed by atoms with Gasteiger partial charge < -0.3 is 9.47 Å². The molecule has 0 bridgehead atoms. The van der Waals surface area contributed by atoms with Gasteiger partial charge in [-0.2, -0.15) is 0 Å². The second kappa shape index (κ2) is 8.10. The van der Waals surface area contributed by atoms with E-state index in [4.69, 9.17) is 9.47 Å². The number of nitrogens with zero attached hydrogens (tertiary/aromatic N) is 1. The third-order valence-electron chi connectivity index (χ3n) is 3.80. The average Bonchev–Trinajstić information content (AvgIpc) is 2.62. The molecule has 2 amide bonds. The smallest absolute Gasteiger partial charge is 0.302 e. The van der Waals surface area contributed by atoms with Crippen LogP contribution in [0, 0.1) is 0 Å². The van der Waals surface area contributed by atoms with E-state index in [1.165, 1.54) is 11.8 Å². The number of carbonyl (C=O) groups is 3. The molecule has 0 spiro atoms. The molecule has 0 saturated carbocycles. The first-order valence-corrected chi connectivity index (χ1v) is 9.19. The van der Waals surface area contributed by atoms with Crippen molar-refractivity contribution in [3.63, 3.8) is 0 Å².